The molecule has 0 bridgehead atoms. The van der Waals surface area contributed by atoms with E-state index in [1.54, 1.807) is 12.0 Å². The van der Waals surface area contributed by atoms with E-state index >= 15 is 0 Å². The molecule has 3 N–H and O–H groups in total. The average molecular weight is 378 g/mol. The number of aromatic amines is 1. The summed E-state index contributed by atoms with van der Waals surface area (Å²) in [6.45, 7) is 8.95. The van der Waals surface area contributed by atoms with Crippen LogP contribution in [0.4, 0.5) is 5.82 Å². The van der Waals surface area contributed by atoms with Gasteiger partial charge in [0.05, 0.1) is 43.2 Å². The molecule has 0 atom stereocenters. The van der Waals surface area contributed by atoms with E-state index < -0.39 is 0 Å². The number of hydrogen-bond donors (Lipinski definition) is 3. The fourth-order valence-corrected chi connectivity index (χ4v) is 3.98. The van der Waals surface area contributed by atoms with E-state index in [0.717, 1.165) is 57.2 Å². The molecule has 0 aliphatic rings. The van der Waals surface area contributed by atoms with Crippen molar-refractivity contribution in [2.45, 2.75) is 20.3 Å². The van der Waals surface area contributed by atoms with E-state index in [-0.39, 0.29) is 0 Å². The maximum Gasteiger partial charge on any atom is 0.136 e. The summed E-state index contributed by atoms with van der Waals surface area (Å²) >= 11 is 0. The highest BCUT2D eigenvalue weighted by atomic mass is 16.5. The molecule has 28 heavy (non-hydrogen) atoms. The zero-order valence-electron chi connectivity index (χ0n) is 16.9. The summed E-state index contributed by atoms with van der Waals surface area (Å²) in [4.78, 5) is 10.2. The first kappa shape index (κ1) is 18.6. The van der Waals surface area contributed by atoms with Crippen molar-refractivity contribution >= 4 is 38.5 Å². The van der Waals surface area contributed by atoms with Crippen molar-refractivity contribution in [3.05, 3.63) is 42.5 Å². The van der Waals surface area contributed by atoms with Gasteiger partial charge < -0.3 is 19.9 Å². The van der Waals surface area contributed by atoms with Crippen LogP contribution in [0.2, 0.25) is 0 Å². The summed E-state index contributed by atoms with van der Waals surface area (Å²) in [5, 5.41) is 7.04. The van der Waals surface area contributed by atoms with Crippen molar-refractivity contribution in [3.63, 3.8) is 0 Å². The van der Waals surface area contributed by atoms with Gasteiger partial charge in [0.1, 0.15) is 11.6 Å². The molecule has 0 saturated carbocycles. The lowest BCUT2D eigenvalue weighted by molar-refractivity contribution is -0.896. The second-order valence-corrected chi connectivity index (χ2v) is 7.25. The number of fused-ring (bicyclic) bond motifs is 5. The van der Waals surface area contributed by atoms with E-state index in [1.807, 2.05) is 12.1 Å². The maximum absolute atomic E-state index is 5.46. The third-order valence-electron chi connectivity index (χ3n) is 5.65. The number of pyridine rings is 1. The summed E-state index contributed by atoms with van der Waals surface area (Å²) < 4.78 is 5.46. The average Bonchev–Trinajstić information content (AvgIpc) is 3.13. The molecule has 5 heteroatoms. The van der Waals surface area contributed by atoms with Gasteiger partial charge in [-0.3, -0.25) is 0 Å². The molecule has 2 aromatic carbocycles. The normalized spacial score (nSPS) is 11.7. The van der Waals surface area contributed by atoms with Gasteiger partial charge in [-0.25, -0.2) is 4.98 Å². The quantitative estimate of drug-likeness (QED) is 0.411. The molecule has 5 nitrogen and oxygen atoms in total. The van der Waals surface area contributed by atoms with Crippen molar-refractivity contribution < 1.29 is 9.64 Å². The van der Waals surface area contributed by atoms with Crippen LogP contribution in [0.3, 0.4) is 0 Å². The minimum absolute atomic E-state index is 0.859. The van der Waals surface area contributed by atoms with Crippen LogP contribution in [0.5, 0.6) is 5.75 Å². The number of rotatable bonds is 8. The van der Waals surface area contributed by atoms with E-state index in [2.05, 4.69) is 54.5 Å². The molecular formula is C23H29N4O+. The molecule has 0 saturated heterocycles. The molecule has 0 aliphatic heterocycles. The number of nitrogens with one attached hydrogen (secondary N) is 3. The summed E-state index contributed by atoms with van der Waals surface area (Å²) in [5.41, 5.74) is 3.24. The molecule has 4 aromatic rings. The van der Waals surface area contributed by atoms with Gasteiger partial charge in [-0.05, 0) is 38.1 Å². The van der Waals surface area contributed by atoms with E-state index in [0.29, 0.717) is 0 Å². The van der Waals surface area contributed by atoms with Crippen molar-refractivity contribution in [1.82, 2.24) is 9.97 Å². The van der Waals surface area contributed by atoms with Gasteiger partial charge in [-0.1, -0.05) is 18.2 Å². The Hall–Kier alpha value is -2.79. The Morgan fingerprint density at radius 3 is 2.68 bits per heavy atom. The van der Waals surface area contributed by atoms with Crippen LogP contribution in [-0.2, 0) is 0 Å². The number of methoxy groups -OCH3 is 1. The lowest BCUT2D eigenvalue weighted by atomic mass is 10.1. The third kappa shape index (κ3) is 3.38. The van der Waals surface area contributed by atoms with Crippen LogP contribution in [0.25, 0.3) is 32.7 Å². The van der Waals surface area contributed by atoms with Crippen LogP contribution in [0.15, 0.2) is 42.5 Å². The molecular weight excluding hydrogens is 348 g/mol. The Morgan fingerprint density at radius 2 is 1.89 bits per heavy atom. The number of H-pyrrole nitrogens is 1. The Balaban J connectivity index is 1.76. The SMILES string of the molecule is CC[NH+](CC)CCCNc1nc2ccccc2c2[nH]c3ccc(OC)cc3c12. The number of anilines is 1. The lowest BCUT2D eigenvalue weighted by Gasteiger charge is -2.15. The summed E-state index contributed by atoms with van der Waals surface area (Å²) in [7, 11) is 1.71. The number of benzene rings is 2. The second kappa shape index (κ2) is 8.07. The van der Waals surface area contributed by atoms with Gasteiger partial charge in [0, 0.05) is 29.3 Å². The zero-order chi connectivity index (χ0) is 19.5. The minimum atomic E-state index is 0.859. The van der Waals surface area contributed by atoms with Gasteiger partial charge in [-0.2, -0.15) is 0 Å². The molecule has 0 unspecified atom stereocenters. The van der Waals surface area contributed by atoms with Gasteiger partial charge in [-0.15, -0.1) is 0 Å². The van der Waals surface area contributed by atoms with Gasteiger partial charge in [0.15, 0.2) is 0 Å². The first-order chi connectivity index (χ1) is 13.7. The molecule has 0 aliphatic carbocycles. The smallest absolute Gasteiger partial charge is 0.136 e. The monoisotopic (exact) mass is 377 g/mol. The highest BCUT2D eigenvalue weighted by Crippen LogP contribution is 2.36. The van der Waals surface area contributed by atoms with Crippen molar-refractivity contribution in [2.75, 3.05) is 38.6 Å². The van der Waals surface area contributed by atoms with Crippen LogP contribution in [0, 0.1) is 0 Å². The highest BCUT2D eigenvalue weighted by molar-refractivity contribution is 6.20. The molecule has 2 aromatic heterocycles. The number of aromatic nitrogens is 2. The van der Waals surface area contributed by atoms with Crippen LogP contribution in [-0.4, -0.2) is 43.3 Å². The number of quaternary nitrogens is 1. The van der Waals surface area contributed by atoms with Crippen LogP contribution >= 0.6 is 0 Å². The zero-order valence-corrected chi connectivity index (χ0v) is 16.9. The van der Waals surface area contributed by atoms with Gasteiger partial charge >= 0.3 is 0 Å². The fraction of sp³-hybridized carbons (Fsp3) is 0.348. The number of para-hydroxylation sites is 1. The largest absolute Gasteiger partial charge is 0.497 e. The lowest BCUT2D eigenvalue weighted by Crippen LogP contribution is -3.11. The van der Waals surface area contributed by atoms with Crippen LogP contribution in [0.1, 0.15) is 20.3 Å². The number of nitrogens with zero attached hydrogens (tertiary/aromatic N) is 1. The van der Waals surface area contributed by atoms with Gasteiger partial charge in [0.25, 0.3) is 0 Å². The summed E-state index contributed by atoms with van der Waals surface area (Å²) in [5.74, 6) is 1.81. The Kier molecular flexibility index (Phi) is 5.35. The second-order valence-electron chi connectivity index (χ2n) is 7.25. The predicted molar refractivity (Wildman–Crippen MR) is 118 cm³/mol. The van der Waals surface area contributed by atoms with Crippen molar-refractivity contribution in [2.24, 2.45) is 0 Å². The predicted octanol–water partition coefficient (Wildman–Crippen LogP) is 3.60. The standard InChI is InChI=1S/C23H28N4O/c1-4-27(5-2)14-8-13-24-23-21-18-15-16(28-3)11-12-20(18)25-22(21)17-9-6-7-10-19(17)26-23/h6-7,9-12,15,25H,4-5,8,13-14H2,1-3H3,(H,24,26)/p+1. The highest BCUT2D eigenvalue weighted by Gasteiger charge is 2.15. The molecule has 146 valence electrons. The topological polar surface area (TPSA) is 54.4 Å². The molecule has 0 fully saturated rings. The van der Waals surface area contributed by atoms with E-state index in [4.69, 9.17) is 9.72 Å². The Labute approximate surface area is 165 Å². The number of ether oxygens (including phenoxy) is 1. The minimum Gasteiger partial charge on any atom is -0.497 e. The van der Waals surface area contributed by atoms with Crippen molar-refractivity contribution in [3.8, 4) is 5.75 Å². The van der Waals surface area contributed by atoms with Gasteiger partial charge in [0.2, 0.25) is 0 Å². The fourth-order valence-electron chi connectivity index (χ4n) is 3.98. The molecule has 0 spiro atoms. The summed E-state index contributed by atoms with van der Waals surface area (Å²) in [6, 6.07) is 14.5. The molecule has 2 heterocycles. The van der Waals surface area contributed by atoms with E-state index in [1.165, 1.54) is 19.6 Å². The summed E-state index contributed by atoms with van der Waals surface area (Å²) in [6.07, 6.45) is 1.12. The van der Waals surface area contributed by atoms with Crippen LogP contribution < -0.4 is 15.0 Å². The first-order valence-electron chi connectivity index (χ1n) is 10.2. The number of hydrogen-bond acceptors (Lipinski definition) is 3. The van der Waals surface area contributed by atoms with Crippen molar-refractivity contribution in [1.29, 1.82) is 0 Å². The Bertz CT molecular complexity index is 1100. The third-order valence-corrected chi connectivity index (χ3v) is 5.65. The molecule has 0 radical (unpaired) electrons. The molecule has 4 rings (SSSR count). The van der Waals surface area contributed by atoms with E-state index in [9.17, 15) is 0 Å². The maximum atomic E-state index is 5.46. The molecule has 0 amide bonds. The first-order valence-corrected chi connectivity index (χ1v) is 10.2. The Morgan fingerprint density at radius 1 is 1.07 bits per heavy atom.